The molecular weight excluding hydrogens is 268 g/mol. The molecule has 0 atom stereocenters. The second-order valence-corrected chi connectivity index (χ2v) is 4.69. The first-order chi connectivity index (χ1) is 10.2. The Bertz CT molecular complexity index is 542. The van der Waals surface area contributed by atoms with Gasteiger partial charge < -0.3 is 9.88 Å². The largest absolute Gasteiger partial charge is 0.350 e. The molecule has 0 fully saturated rings. The van der Waals surface area contributed by atoms with Crippen molar-refractivity contribution in [3.05, 3.63) is 48.4 Å². The number of amides is 2. The number of carbonyl (C=O) groups excluding carboxylic acids is 1. The molecule has 2 rings (SSSR count). The van der Waals surface area contributed by atoms with Gasteiger partial charge in [0.2, 0.25) is 0 Å². The summed E-state index contributed by atoms with van der Waals surface area (Å²) < 4.78 is 0. The highest BCUT2D eigenvalue weighted by molar-refractivity contribution is 5.88. The standard InChI is InChI=1S/C15H20N4O2/c1-3-9-21-19(14-10-16-12-17-14)15(20)18(2)11-13-7-5-4-6-8-13/h4-8,10,12H,3,9,11H2,1-2H3,(H,16,17). The summed E-state index contributed by atoms with van der Waals surface area (Å²) in [4.78, 5) is 26.5. The summed E-state index contributed by atoms with van der Waals surface area (Å²) in [5.41, 5.74) is 1.06. The third-order valence-electron chi connectivity index (χ3n) is 2.89. The van der Waals surface area contributed by atoms with Gasteiger partial charge in [-0.25, -0.2) is 9.78 Å². The van der Waals surface area contributed by atoms with Crippen molar-refractivity contribution in [1.82, 2.24) is 14.9 Å². The minimum Gasteiger partial charge on any atom is -0.329 e. The molecule has 0 aliphatic carbocycles. The maximum Gasteiger partial charge on any atom is 0.350 e. The highest BCUT2D eigenvalue weighted by Crippen LogP contribution is 2.13. The van der Waals surface area contributed by atoms with Gasteiger partial charge in [-0.05, 0) is 12.0 Å². The van der Waals surface area contributed by atoms with Crippen molar-refractivity contribution in [3.8, 4) is 0 Å². The lowest BCUT2D eigenvalue weighted by atomic mass is 10.2. The third-order valence-corrected chi connectivity index (χ3v) is 2.89. The van der Waals surface area contributed by atoms with E-state index >= 15 is 0 Å². The van der Waals surface area contributed by atoms with Gasteiger partial charge in [0.05, 0.1) is 19.1 Å². The molecule has 2 amide bonds. The summed E-state index contributed by atoms with van der Waals surface area (Å²) in [7, 11) is 1.74. The zero-order valence-electron chi connectivity index (χ0n) is 12.3. The lowest BCUT2D eigenvalue weighted by Crippen LogP contribution is -2.41. The molecule has 1 aromatic carbocycles. The molecule has 0 spiro atoms. The van der Waals surface area contributed by atoms with Gasteiger partial charge in [-0.3, -0.25) is 4.84 Å². The average Bonchev–Trinajstić information content (AvgIpc) is 3.02. The van der Waals surface area contributed by atoms with Gasteiger partial charge in [0, 0.05) is 13.6 Å². The molecule has 0 aliphatic rings. The van der Waals surface area contributed by atoms with Gasteiger partial charge in [-0.2, -0.15) is 5.06 Å². The number of aromatic amines is 1. The van der Waals surface area contributed by atoms with Crippen molar-refractivity contribution < 1.29 is 9.63 Å². The fraction of sp³-hybridized carbons (Fsp3) is 0.333. The van der Waals surface area contributed by atoms with E-state index in [1.54, 1.807) is 18.1 Å². The van der Waals surface area contributed by atoms with Gasteiger partial charge in [0.1, 0.15) is 0 Å². The van der Waals surface area contributed by atoms with Crippen LogP contribution >= 0.6 is 0 Å². The monoisotopic (exact) mass is 288 g/mol. The second-order valence-electron chi connectivity index (χ2n) is 4.69. The number of hydrogen-bond acceptors (Lipinski definition) is 3. The molecule has 21 heavy (non-hydrogen) atoms. The number of rotatable bonds is 6. The molecule has 6 heteroatoms. The summed E-state index contributed by atoms with van der Waals surface area (Å²) in [5, 5.41) is 1.25. The maximum absolute atomic E-state index is 12.5. The molecule has 2 aromatic rings. The van der Waals surface area contributed by atoms with Crippen LogP contribution in [0.3, 0.4) is 0 Å². The van der Waals surface area contributed by atoms with Crippen molar-refractivity contribution in [2.75, 3.05) is 18.7 Å². The fourth-order valence-corrected chi connectivity index (χ4v) is 1.85. The smallest absolute Gasteiger partial charge is 0.329 e. The van der Waals surface area contributed by atoms with Crippen LogP contribution in [-0.4, -0.2) is 34.6 Å². The van der Waals surface area contributed by atoms with Crippen LogP contribution in [0, 0.1) is 0 Å². The van der Waals surface area contributed by atoms with Gasteiger partial charge >= 0.3 is 6.03 Å². The van der Waals surface area contributed by atoms with Gasteiger partial charge in [0.15, 0.2) is 5.82 Å². The summed E-state index contributed by atoms with van der Waals surface area (Å²) in [6, 6.07) is 9.58. The van der Waals surface area contributed by atoms with Crippen LogP contribution in [0.1, 0.15) is 18.9 Å². The van der Waals surface area contributed by atoms with E-state index < -0.39 is 0 Å². The third kappa shape index (κ3) is 4.06. The Morgan fingerprint density at radius 2 is 2.10 bits per heavy atom. The van der Waals surface area contributed by atoms with E-state index in [9.17, 15) is 4.79 Å². The zero-order valence-corrected chi connectivity index (χ0v) is 12.3. The Balaban J connectivity index is 2.06. The molecule has 0 saturated carbocycles. The molecule has 1 N–H and O–H groups in total. The van der Waals surface area contributed by atoms with Crippen LogP contribution < -0.4 is 5.06 Å². The Labute approximate surface area is 124 Å². The normalized spacial score (nSPS) is 10.4. The molecule has 0 aliphatic heterocycles. The summed E-state index contributed by atoms with van der Waals surface area (Å²) in [6.45, 7) is 2.97. The van der Waals surface area contributed by atoms with E-state index in [4.69, 9.17) is 4.84 Å². The van der Waals surface area contributed by atoms with Crippen LogP contribution in [0.15, 0.2) is 42.9 Å². The molecule has 0 unspecified atom stereocenters. The van der Waals surface area contributed by atoms with E-state index in [-0.39, 0.29) is 6.03 Å². The van der Waals surface area contributed by atoms with Gasteiger partial charge in [0.25, 0.3) is 0 Å². The lowest BCUT2D eigenvalue weighted by molar-refractivity contribution is 0.102. The van der Waals surface area contributed by atoms with E-state index in [1.807, 2.05) is 37.3 Å². The predicted molar refractivity (Wildman–Crippen MR) is 80.6 cm³/mol. The minimum atomic E-state index is -0.239. The van der Waals surface area contributed by atoms with Crippen LogP contribution in [0.5, 0.6) is 0 Å². The van der Waals surface area contributed by atoms with Crippen molar-refractivity contribution in [2.45, 2.75) is 19.9 Å². The van der Waals surface area contributed by atoms with E-state index in [0.29, 0.717) is 19.0 Å². The van der Waals surface area contributed by atoms with Crippen molar-refractivity contribution in [1.29, 1.82) is 0 Å². The number of H-pyrrole nitrogens is 1. The van der Waals surface area contributed by atoms with Crippen LogP contribution in [0.25, 0.3) is 0 Å². The first-order valence-corrected chi connectivity index (χ1v) is 6.92. The first kappa shape index (κ1) is 15.1. The molecule has 6 nitrogen and oxygen atoms in total. The summed E-state index contributed by atoms with van der Waals surface area (Å²) >= 11 is 0. The second kappa shape index (κ2) is 7.44. The van der Waals surface area contributed by atoms with E-state index in [1.165, 1.54) is 11.4 Å². The topological polar surface area (TPSA) is 61.5 Å². The Kier molecular flexibility index (Phi) is 5.34. The van der Waals surface area contributed by atoms with Crippen LogP contribution in [-0.2, 0) is 11.4 Å². The van der Waals surface area contributed by atoms with Crippen LogP contribution in [0.2, 0.25) is 0 Å². The number of hydrogen-bond donors (Lipinski definition) is 1. The number of imidazole rings is 1. The number of nitrogens with one attached hydrogen (secondary N) is 1. The number of carbonyl (C=O) groups is 1. The Morgan fingerprint density at radius 1 is 1.33 bits per heavy atom. The molecule has 0 radical (unpaired) electrons. The maximum atomic E-state index is 12.5. The lowest BCUT2D eigenvalue weighted by Gasteiger charge is -2.26. The number of benzene rings is 1. The van der Waals surface area contributed by atoms with E-state index in [2.05, 4.69) is 9.97 Å². The highest BCUT2D eigenvalue weighted by Gasteiger charge is 2.22. The number of hydroxylamine groups is 1. The summed E-state index contributed by atoms with van der Waals surface area (Å²) in [6.07, 6.45) is 3.90. The average molecular weight is 288 g/mol. The quantitative estimate of drug-likeness (QED) is 0.831. The molecule has 112 valence electrons. The summed E-state index contributed by atoms with van der Waals surface area (Å²) in [5.74, 6) is 0.522. The highest BCUT2D eigenvalue weighted by atomic mass is 16.7. The van der Waals surface area contributed by atoms with Crippen molar-refractivity contribution in [3.63, 3.8) is 0 Å². The number of urea groups is 1. The molecule has 0 bridgehead atoms. The van der Waals surface area contributed by atoms with E-state index in [0.717, 1.165) is 12.0 Å². The molecule has 1 aromatic heterocycles. The van der Waals surface area contributed by atoms with Crippen molar-refractivity contribution >= 4 is 11.8 Å². The Morgan fingerprint density at radius 3 is 2.71 bits per heavy atom. The van der Waals surface area contributed by atoms with Crippen molar-refractivity contribution in [2.24, 2.45) is 0 Å². The van der Waals surface area contributed by atoms with Crippen LogP contribution in [0.4, 0.5) is 10.6 Å². The van der Waals surface area contributed by atoms with Gasteiger partial charge in [-0.1, -0.05) is 37.3 Å². The minimum absolute atomic E-state index is 0.239. The predicted octanol–water partition coefficient (Wildman–Crippen LogP) is 2.81. The molecule has 0 saturated heterocycles. The first-order valence-electron chi connectivity index (χ1n) is 6.92. The van der Waals surface area contributed by atoms with Gasteiger partial charge in [-0.15, -0.1) is 0 Å². The fourth-order valence-electron chi connectivity index (χ4n) is 1.85. The number of aromatic nitrogens is 2. The number of nitrogens with zero attached hydrogens (tertiary/aromatic N) is 3. The SMILES string of the molecule is CCCON(C(=O)N(C)Cc1ccccc1)c1cnc[nH]1. The molecular formula is C15H20N4O2. The molecule has 1 heterocycles. The number of anilines is 1. The zero-order chi connectivity index (χ0) is 15.1. The Hall–Kier alpha value is -2.34.